The van der Waals surface area contributed by atoms with Crippen LogP contribution in [0.4, 0.5) is 0 Å². The third-order valence-electron chi connectivity index (χ3n) is 4.71. The van der Waals surface area contributed by atoms with Crippen LogP contribution >= 0.6 is 31.9 Å². The summed E-state index contributed by atoms with van der Waals surface area (Å²) in [5, 5.41) is 0. The number of ether oxygens (including phenoxy) is 1. The van der Waals surface area contributed by atoms with E-state index in [1.807, 2.05) is 66.3 Å². The lowest BCUT2D eigenvalue weighted by atomic mass is 10.0. The Bertz CT molecular complexity index is 1100. The molecule has 0 saturated heterocycles. The zero-order valence-corrected chi connectivity index (χ0v) is 20.8. The normalized spacial score (nSPS) is 12.2. The molecule has 1 unspecified atom stereocenters. The largest absolute Gasteiger partial charge is 0.495 e. The molecular weight excluding hydrogens is 530 g/mol. The summed E-state index contributed by atoms with van der Waals surface area (Å²) in [6.45, 7) is 0. The summed E-state index contributed by atoms with van der Waals surface area (Å²) in [5.74, 6) is 1.02. The van der Waals surface area contributed by atoms with Gasteiger partial charge < -0.3 is 9.30 Å². The molecule has 0 aliphatic carbocycles. The maximum Gasteiger partial charge on any atom is 0.197 e. The molecule has 0 saturated carbocycles. The zero-order chi connectivity index (χ0) is 21.7. The van der Waals surface area contributed by atoms with E-state index in [2.05, 4.69) is 31.9 Å². The molecule has 0 N–H and O–H groups in total. The van der Waals surface area contributed by atoms with Crippen molar-refractivity contribution in [3.8, 4) is 28.0 Å². The maximum atomic E-state index is 13.4. The maximum absolute atomic E-state index is 13.4. The average Bonchev–Trinajstić information content (AvgIpc) is 2.74. The highest BCUT2D eigenvalue weighted by Gasteiger charge is 2.19. The average molecular weight is 553 g/mol. The number of aryl methyl sites for hydroxylation is 1. The molecule has 1 heterocycles. The molecule has 0 bridgehead atoms. The number of methoxy groups -OCH3 is 1. The Morgan fingerprint density at radius 3 is 2.37 bits per heavy atom. The summed E-state index contributed by atoms with van der Waals surface area (Å²) in [7, 11) is 2.22. The third-order valence-corrected chi connectivity index (χ3v) is 7.10. The quantitative estimate of drug-likeness (QED) is 0.335. The Morgan fingerprint density at radius 2 is 1.70 bits per heavy atom. The molecule has 3 aromatic rings. The SMILES string of the molecule is COc1c(-c2cn(C)cc(-c3ccccc3)c2=O)cccc1S(=O)CCCC(Br)Br. The van der Waals surface area contributed by atoms with Crippen LogP contribution in [0.2, 0.25) is 0 Å². The lowest BCUT2D eigenvalue weighted by molar-refractivity contribution is 0.405. The van der Waals surface area contributed by atoms with Gasteiger partial charge in [-0.25, -0.2) is 0 Å². The Kier molecular flexibility index (Phi) is 8.08. The molecule has 3 rings (SSSR count). The monoisotopic (exact) mass is 551 g/mol. The standard InChI is InChI=1S/C23H23Br2NO3S/c1-26-14-18(16-8-4-3-5-9-16)22(27)19(15-26)17-10-6-11-20(23(17)29-2)30(28)13-7-12-21(24)25/h3-6,8-11,14-15,21H,7,12-13H2,1-2H3. The van der Waals surface area contributed by atoms with Gasteiger partial charge in [0.15, 0.2) is 5.43 Å². The number of hydrogen-bond donors (Lipinski definition) is 0. The van der Waals surface area contributed by atoms with Gasteiger partial charge in [0.1, 0.15) is 5.75 Å². The molecule has 7 heteroatoms. The minimum atomic E-state index is -1.22. The highest BCUT2D eigenvalue weighted by atomic mass is 79.9. The van der Waals surface area contributed by atoms with Crippen LogP contribution in [0.25, 0.3) is 22.3 Å². The smallest absolute Gasteiger partial charge is 0.197 e. The van der Waals surface area contributed by atoms with Gasteiger partial charge in [-0.15, -0.1) is 0 Å². The molecule has 4 nitrogen and oxygen atoms in total. The van der Waals surface area contributed by atoms with Crippen LogP contribution in [0.1, 0.15) is 12.8 Å². The van der Waals surface area contributed by atoms with E-state index < -0.39 is 10.8 Å². The Hall–Kier alpha value is -1.70. The number of hydrogen-bond acceptors (Lipinski definition) is 3. The molecule has 0 amide bonds. The van der Waals surface area contributed by atoms with Crippen LogP contribution in [-0.2, 0) is 17.8 Å². The van der Waals surface area contributed by atoms with Gasteiger partial charge in [-0.3, -0.25) is 9.00 Å². The van der Waals surface area contributed by atoms with Gasteiger partial charge in [-0.1, -0.05) is 74.3 Å². The van der Waals surface area contributed by atoms with Crippen molar-refractivity contribution in [3.63, 3.8) is 0 Å². The summed E-state index contributed by atoms with van der Waals surface area (Å²) in [5.41, 5.74) is 2.57. The fourth-order valence-electron chi connectivity index (χ4n) is 3.32. The van der Waals surface area contributed by atoms with E-state index >= 15 is 0 Å². The fraction of sp³-hybridized carbons (Fsp3) is 0.261. The summed E-state index contributed by atoms with van der Waals surface area (Å²) < 4.78 is 20.7. The first-order valence-electron chi connectivity index (χ1n) is 9.52. The predicted octanol–water partition coefficient (Wildman–Crippen LogP) is 5.73. The molecule has 1 aromatic heterocycles. The molecule has 0 aliphatic heterocycles. The highest BCUT2D eigenvalue weighted by molar-refractivity contribution is 9.24. The van der Waals surface area contributed by atoms with Crippen molar-refractivity contribution >= 4 is 42.7 Å². The van der Waals surface area contributed by atoms with Crippen LogP contribution in [-0.4, -0.2) is 25.4 Å². The van der Waals surface area contributed by atoms with E-state index in [0.29, 0.717) is 33.1 Å². The molecule has 0 fully saturated rings. The Morgan fingerprint density at radius 1 is 1.00 bits per heavy atom. The topological polar surface area (TPSA) is 48.3 Å². The van der Waals surface area contributed by atoms with E-state index in [9.17, 15) is 9.00 Å². The van der Waals surface area contributed by atoms with Gasteiger partial charge in [0.2, 0.25) is 0 Å². The first kappa shape index (κ1) is 23.0. The van der Waals surface area contributed by atoms with E-state index in [1.165, 1.54) is 0 Å². The third kappa shape index (κ3) is 5.31. The molecular formula is C23H23Br2NO3S. The van der Waals surface area contributed by atoms with Crippen molar-refractivity contribution in [2.75, 3.05) is 12.9 Å². The Labute approximate surface area is 196 Å². The molecule has 158 valence electrons. The van der Waals surface area contributed by atoms with Crippen molar-refractivity contribution in [1.82, 2.24) is 4.57 Å². The van der Waals surface area contributed by atoms with Crippen molar-refractivity contribution in [3.05, 3.63) is 71.1 Å². The zero-order valence-electron chi connectivity index (χ0n) is 16.8. The van der Waals surface area contributed by atoms with Gasteiger partial charge in [0.25, 0.3) is 0 Å². The van der Waals surface area contributed by atoms with E-state index in [-0.39, 0.29) is 9.17 Å². The summed E-state index contributed by atoms with van der Waals surface area (Å²) in [4.78, 5) is 14.0. The van der Waals surface area contributed by atoms with Gasteiger partial charge in [0.05, 0.1) is 26.5 Å². The van der Waals surface area contributed by atoms with Crippen molar-refractivity contribution < 1.29 is 8.95 Å². The number of aromatic nitrogens is 1. The number of para-hydroxylation sites is 1. The van der Waals surface area contributed by atoms with Gasteiger partial charge in [-0.05, 0) is 24.5 Å². The number of halogens is 2. The summed E-state index contributed by atoms with van der Waals surface area (Å²) >= 11 is 6.90. The number of nitrogens with zero attached hydrogens (tertiary/aromatic N) is 1. The van der Waals surface area contributed by atoms with Crippen molar-refractivity contribution in [1.29, 1.82) is 0 Å². The molecule has 2 aromatic carbocycles. The number of benzene rings is 2. The minimum Gasteiger partial charge on any atom is -0.495 e. The van der Waals surface area contributed by atoms with Crippen molar-refractivity contribution in [2.45, 2.75) is 21.5 Å². The van der Waals surface area contributed by atoms with Crippen LogP contribution in [0, 0.1) is 0 Å². The second-order valence-electron chi connectivity index (χ2n) is 6.87. The second-order valence-corrected chi connectivity index (χ2v) is 11.8. The summed E-state index contributed by atoms with van der Waals surface area (Å²) in [6, 6.07) is 15.1. The van der Waals surface area contributed by atoms with Crippen LogP contribution in [0.3, 0.4) is 0 Å². The lowest BCUT2D eigenvalue weighted by Gasteiger charge is -2.15. The van der Waals surface area contributed by atoms with Crippen LogP contribution in [0.15, 0.2) is 70.6 Å². The Balaban J connectivity index is 2.08. The first-order valence-corrected chi connectivity index (χ1v) is 12.7. The molecule has 0 spiro atoms. The van der Waals surface area contributed by atoms with Gasteiger partial charge in [0, 0.05) is 41.9 Å². The number of pyridine rings is 1. The highest BCUT2D eigenvalue weighted by Crippen LogP contribution is 2.34. The number of rotatable bonds is 8. The van der Waals surface area contributed by atoms with E-state index in [0.717, 1.165) is 18.4 Å². The van der Waals surface area contributed by atoms with Gasteiger partial charge >= 0.3 is 0 Å². The predicted molar refractivity (Wildman–Crippen MR) is 131 cm³/mol. The molecule has 1 atom stereocenters. The van der Waals surface area contributed by atoms with Crippen LogP contribution in [0.5, 0.6) is 5.75 Å². The summed E-state index contributed by atoms with van der Waals surface area (Å²) in [6.07, 6.45) is 5.28. The number of alkyl halides is 2. The van der Waals surface area contributed by atoms with Gasteiger partial charge in [-0.2, -0.15) is 0 Å². The van der Waals surface area contributed by atoms with Crippen molar-refractivity contribution in [2.24, 2.45) is 7.05 Å². The van der Waals surface area contributed by atoms with E-state index in [1.54, 1.807) is 13.3 Å². The molecule has 0 radical (unpaired) electrons. The fourth-order valence-corrected chi connectivity index (χ4v) is 5.25. The van der Waals surface area contributed by atoms with Crippen LogP contribution < -0.4 is 10.2 Å². The first-order chi connectivity index (χ1) is 14.4. The minimum absolute atomic E-state index is 0.0815. The lowest BCUT2D eigenvalue weighted by Crippen LogP contribution is -2.13. The van der Waals surface area contributed by atoms with E-state index in [4.69, 9.17) is 4.74 Å². The second kappa shape index (κ2) is 10.6. The molecule has 0 aliphatic rings. The molecule has 30 heavy (non-hydrogen) atoms.